The van der Waals surface area contributed by atoms with Crippen molar-refractivity contribution in [3.63, 3.8) is 0 Å². The van der Waals surface area contributed by atoms with E-state index in [1.54, 1.807) is 4.90 Å². The molecule has 110 valence electrons. The van der Waals surface area contributed by atoms with E-state index in [0.29, 0.717) is 18.8 Å². The molecular weight excluding hydrogens is 263 g/mol. The highest BCUT2D eigenvalue weighted by Crippen LogP contribution is 2.22. The summed E-state index contributed by atoms with van der Waals surface area (Å²) in [5.41, 5.74) is 0.110. The largest absolute Gasteiger partial charge is 0.497 e. The zero-order chi connectivity index (χ0) is 14.5. The van der Waals surface area contributed by atoms with Gasteiger partial charge in [0.1, 0.15) is 11.6 Å². The number of hydrogen-bond donors (Lipinski definition) is 2. The number of amides is 2. The number of benzene rings is 1. The Morgan fingerprint density at radius 3 is 2.80 bits per heavy atom. The molecule has 1 saturated heterocycles. The van der Waals surface area contributed by atoms with Gasteiger partial charge in [-0.2, -0.15) is 0 Å². The molecule has 1 aromatic rings. The summed E-state index contributed by atoms with van der Waals surface area (Å²) in [5, 5.41) is 11.6. The lowest BCUT2D eigenvalue weighted by Crippen LogP contribution is -2.41. The molecule has 6 heteroatoms. The summed E-state index contributed by atoms with van der Waals surface area (Å²) in [7, 11) is 1.48. The van der Waals surface area contributed by atoms with Crippen molar-refractivity contribution in [3.8, 4) is 5.75 Å². The second kappa shape index (κ2) is 6.56. The molecule has 2 amide bonds. The summed E-state index contributed by atoms with van der Waals surface area (Å²) in [6.45, 7) is 1.30. The van der Waals surface area contributed by atoms with Gasteiger partial charge < -0.3 is 20.1 Å². The summed E-state index contributed by atoms with van der Waals surface area (Å²) < 4.78 is 18.6. The molecule has 1 aromatic carbocycles. The van der Waals surface area contributed by atoms with E-state index in [-0.39, 0.29) is 24.2 Å². The summed E-state index contributed by atoms with van der Waals surface area (Å²) in [4.78, 5) is 13.7. The number of halogens is 1. The number of aliphatic hydroxyl groups excluding tert-OH is 1. The number of nitrogens with zero attached hydrogens (tertiary/aromatic N) is 1. The minimum atomic E-state index is -0.496. The highest BCUT2D eigenvalue weighted by molar-refractivity contribution is 5.89. The molecule has 0 saturated carbocycles. The molecule has 0 unspecified atom stereocenters. The van der Waals surface area contributed by atoms with Gasteiger partial charge >= 0.3 is 6.03 Å². The lowest BCUT2D eigenvalue weighted by Gasteiger charge is -2.31. The molecule has 0 bridgehead atoms. The third kappa shape index (κ3) is 3.39. The van der Waals surface area contributed by atoms with Crippen LogP contribution < -0.4 is 10.1 Å². The Hall–Kier alpha value is -1.82. The van der Waals surface area contributed by atoms with Gasteiger partial charge in [0.05, 0.1) is 12.8 Å². The smallest absolute Gasteiger partial charge is 0.321 e. The van der Waals surface area contributed by atoms with Crippen molar-refractivity contribution in [2.75, 3.05) is 32.1 Å². The molecule has 0 aliphatic carbocycles. The number of likely N-dealkylation sites (tertiary alicyclic amines) is 1. The number of piperidine rings is 1. The van der Waals surface area contributed by atoms with Gasteiger partial charge in [0.25, 0.3) is 0 Å². The molecular formula is C14H19FN2O3. The zero-order valence-corrected chi connectivity index (χ0v) is 11.4. The molecule has 0 radical (unpaired) electrons. The van der Waals surface area contributed by atoms with Crippen molar-refractivity contribution in [1.29, 1.82) is 0 Å². The van der Waals surface area contributed by atoms with Gasteiger partial charge in [0, 0.05) is 25.8 Å². The quantitative estimate of drug-likeness (QED) is 0.892. The summed E-state index contributed by atoms with van der Waals surface area (Å²) in [6.07, 6.45) is 1.54. The number of hydrogen-bond acceptors (Lipinski definition) is 3. The molecule has 1 heterocycles. The normalized spacial score (nSPS) is 16.1. The number of urea groups is 1. The molecule has 20 heavy (non-hydrogen) atoms. The zero-order valence-electron chi connectivity index (χ0n) is 11.4. The predicted octanol–water partition coefficient (Wildman–Crippen LogP) is 2.07. The average molecular weight is 282 g/mol. The fourth-order valence-corrected chi connectivity index (χ4v) is 2.24. The van der Waals surface area contributed by atoms with Gasteiger partial charge in [0.15, 0.2) is 0 Å². The molecule has 1 aliphatic rings. The third-order valence-electron chi connectivity index (χ3n) is 3.58. The molecule has 2 N–H and O–H groups in total. The first-order chi connectivity index (χ1) is 9.63. The number of methoxy groups -OCH3 is 1. The summed E-state index contributed by atoms with van der Waals surface area (Å²) >= 11 is 0. The van der Waals surface area contributed by atoms with Crippen molar-refractivity contribution < 1.29 is 19.0 Å². The third-order valence-corrected chi connectivity index (χ3v) is 3.58. The Morgan fingerprint density at radius 1 is 1.50 bits per heavy atom. The van der Waals surface area contributed by atoms with Crippen LogP contribution in [0.15, 0.2) is 18.2 Å². The number of carbonyl (C=O) groups excluding carboxylic acids is 1. The monoisotopic (exact) mass is 282 g/mol. The molecule has 0 aromatic heterocycles. The van der Waals surface area contributed by atoms with E-state index in [1.807, 2.05) is 0 Å². The van der Waals surface area contributed by atoms with Crippen LogP contribution in [0.2, 0.25) is 0 Å². The molecule has 1 aliphatic heterocycles. The Kier molecular flexibility index (Phi) is 4.79. The summed E-state index contributed by atoms with van der Waals surface area (Å²) in [6, 6.07) is 3.88. The van der Waals surface area contributed by atoms with Crippen LogP contribution in [-0.4, -0.2) is 42.8 Å². The van der Waals surface area contributed by atoms with E-state index in [4.69, 9.17) is 9.84 Å². The Labute approximate surface area is 117 Å². The van der Waals surface area contributed by atoms with Crippen molar-refractivity contribution in [3.05, 3.63) is 24.0 Å². The number of anilines is 1. The summed E-state index contributed by atoms with van der Waals surface area (Å²) in [5.74, 6) is 0.248. The Bertz CT molecular complexity index is 473. The van der Waals surface area contributed by atoms with E-state index in [0.717, 1.165) is 12.8 Å². The van der Waals surface area contributed by atoms with Crippen molar-refractivity contribution >= 4 is 11.7 Å². The van der Waals surface area contributed by atoms with Gasteiger partial charge in [-0.05, 0) is 30.9 Å². The second-order valence-electron chi connectivity index (χ2n) is 4.89. The van der Waals surface area contributed by atoms with Crippen LogP contribution in [0.25, 0.3) is 0 Å². The lowest BCUT2D eigenvalue weighted by atomic mass is 9.98. The maximum atomic E-state index is 13.6. The molecule has 0 atom stereocenters. The first-order valence-electron chi connectivity index (χ1n) is 6.64. The standard InChI is InChI=1S/C14H19FN2O3/c1-20-11-2-3-12(15)13(8-11)16-14(19)17-6-4-10(9-18)5-7-17/h2-3,8,10,18H,4-7,9H2,1H3,(H,16,19). The molecule has 1 fully saturated rings. The van der Waals surface area contributed by atoms with Gasteiger partial charge in [-0.15, -0.1) is 0 Å². The Balaban J connectivity index is 1.98. The fourth-order valence-electron chi connectivity index (χ4n) is 2.24. The SMILES string of the molecule is COc1ccc(F)c(NC(=O)N2CCC(CO)CC2)c1. The molecule has 2 rings (SSSR count). The van der Waals surface area contributed by atoms with Gasteiger partial charge in [-0.3, -0.25) is 0 Å². The molecule has 0 spiro atoms. The van der Waals surface area contributed by atoms with E-state index in [9.17, 15) is 9.18 Å². The van der Waals surface area contributed by atoms with Crippen LogP contribution in [0.5, 0.6) is 5.75 Å². The highest BCUT2D eigenvalue weighted by Gasteiger charge is 2.22. The lowest BCUT2D eigenvalue weighted by molar-refractivity contribution is 0.143. The number of carbonyl (C=O) groups is 1. The van der Waals surface area contributed by atoms with Crippen molar-refractivity contribution in [2.24, 2.45) is 5.92 Å². The minimum Gasteiger partial charge on any atom is -0.497 e. The van der Waals surface area contributed by atoms with Crippen LogP contribution in [0.4, 0.5) is 14.9 Å². The van der Waals surface area contributed by atoms with Crippen LogP contribution in [-0.2, 0) is 0 Å². The second-order valence-corrected chi connectivity index (χ2v) is 4.89. The minimum absolute atomic E-state index is 0.110. The Morgan fingerprint density at radius 2 is 2.20 bits per heavy atom. The van der Waals surface area contributed by atoms with Crippen LogP contribution in [0.1, 0.15) is 12.8 Å². The average Bonchev–Trinajstić information content (AvgIpc) is 2.49. The van der Waals surface area contributed by atoms with Crippen molar-refractivity contribution in [1.82, 2.24) is 4.90 Å². The first-order valence-corrected chi connectivity index (χ1v) is 6.64. The van der Waals surface area contributed by atoms with Gasteiger partial charge in [-0.1, -0.05) is 0 Å². The number of ether oxygens (including phenoxy) is 1. The number of nitrogens with one attached hydrogen (secondary N) is 1. The van der Waals surface area contributed by atoms with Gasteiger partial charge in [-0.25, -0.2) is 9.18 Å². The first kappa shape index (κ1) is 14.6. The van der Waals surface area contributed by atoms with Crippen LogP contribution in [0, 0.1) is 11.7 Å². The maximum Gasteiger partial charge on any atom is 0.321 e. The molecule has 5 nitrogen and oxygen atoms in total. The topological polar surface area (TPSA) is 61.8 Å². The van der Waals surface area contributed by atoms with Crippen molar-refractivity contribution in [2.45, 2.75) is 12.8 Å². The van der Waals surface area contributed by atoms with Gasteiger partial charge in [0.2, 0.25) is 0 Å². The maximum absolute atomic E-state index is 13.6. The predicted molar refractivity (Wildman–Crippen MR) is 73.4 cm³/mol. The van der Waals surface area contributed by atoms with E-state index in [2.05, 4.69) is 5.32 Å². The number of rotatable bonds is 3. The van der Waals surface area contributed by atoms with E-state index < -0.39 is 5.82 Å². The van der Waals surface area contributed by atoms with E-state index >= 15 is 0 Å². The van der Waals surface area contributed by atoms with E-state index in [1.165, 1.54) is 25.3 Å². The van der Waals surface area contributed by atoms with Crippen LogP contribution in [0.3, 0.4) is 0 Å². The van der Waals surface area contributed by atoms with Crippen LogP contribution >= 0.6 is 0 Å². The highest BCUT2D eigenvalue weighted by atomic mass is 19.1. The number of aliphatic hydroxyl groups is 1. The fraction of sp³-hybridized carbons (Fsp3) is 0.500.